The third kappa shape index (κ3) is 8.37. The lowest BCUT2D eigenvalue weighted by atomic mass is 10.2. The van der Waals surface area contributed by atoms with Crippen molar-refractivity contribution in [2.45, 2.75) is 32.9 Å². The molecule has 15 heavy (non-hydrogen) atoms. The zero-order chi connectivity index (χ0) is 11.7. The van der Waals surface area contributed by atoms with Crippen molar-refractivity contribution < 1.29 is 4.74 Å². The van der Waals surface area contributed by atoms with Gasteiger partial charge in [-0.25, -0.2) is 0 Å². The molecular weight excluding hydrogens is 190 g/mol. The first kappa shape index (κ1) is 14.4. The summed E-state index contributed by atoms with van der Waals surface area (Å²) >= 11 is 0. The Morgan fingerprint density at radius 3 is 2.60 bits per heavy atom. The van der Waals surface area contributed by atoms with Gasteiger partial charge < -0.3 is 9.64 Å². The van der Waals surface area contributed by atoms with E-state index >= 15 is 0 Å². The van der Waals surface area contributed by atoms with Crippen LogP contribution in [0.2, 0.25) is 0 Å². The third-order valence-corrected chi connectivity index (χ3v) is 2.01. The summed E-state index contributed by atoms with van der Waals surface area (Å²) in [6.07, 6.45) is 0. The van der Waals surface area contributed by atoms with E-state index in [1.807, 2.05) is 27.8 Å². The van der Waals surface area contributed by atoms with Crippen molar-refractivity contribution in [3.05, 3.63) is 0 Å². The second-order valence-corrected chi connectivity index (χ2v) is 3.96. The summed E-state index contributed by atoms with van der Waals surface area (Å²) < 4.78 is 5.26. The summed E-state index contributed by atoms with van der Waals surface area (Å²) in [4.78, 5) is 2.11. The first-order chi connectivity index (χ1) is 7.10. The van der Waals surface area contributed by atoms with E-state index in [4.69, 9.17) is 10.00 Å². The van der Waals surface area contributed by atoms with Crippen molar-refractivity contribution in [2.24, 2.45) is 0 Å². The Balaban J connectivity index is 3.71. The summed E-state index contributed by atoms with van der Waals surface area (Å²) in [5.41, 5.74) is 0. The molecule has 0 spiro atoms. The lowest BCUT2D eigenvalue weighted by Crippen LogP contribution is -2.42. The number of ether oxygens (including phenoxy) is 1. The number of hydrogen-bond acceptors (Lipinski definition) is 4. The molecule has 0 aliphatic heterocycles. The first-order valence-electron chi connectivity index (χ1n) is 5.52. The van der Waals surface area contributed by atoms with Crippen molar-refractivity contribution in [3.63, 3.8) is 0 Å². The molecule has 0 saturated carbocycles. The summed E-state index contributed by atoms with van der Waals surface area (Å²) in [6, 6.07) is 2.50. The smallest absolute Gasteiger partial charge is 0.108 e. The standard InChI is InChI=1S/C11H23N3O/c1-5-15-7-6-14(4)9-11(8-12)13-10(2)3/h10-11,13H,5-7,9H2,1-4H3. The third-order valence-electron chi connectivity index (χ3n) is 2.01. The second kappa shape index (κ2) is 8.66. The molecular formula is C11H23N3O. The molecule has 0 aliphatic rings. The van der Waals surface area contributed by atoms with Gasteiger partial charge in [0.25, 0.3) is 0 Å². The predicted molar refractivity (Wildman–Crippen MR) is 61.7 cm³/mol. The fourth-order valence-electron chi connectivity index (χ4n) is 1.30. The van der Waals surface area contributed by atoms with Gasteiger partial charge in [0.1, 0.15) is 6.04 Å². The maximum atomic E-state index is 8.92. The Hall–Kier alpha value is -0.630. The molecule has 4 nitrogen and oxygen atoms in total. The van der Waals surface area contributed by atoms with Gasteiger partial charge in [-0.2, -0.15) is 5.26 Å². The highest BCUT2D eigenvalue weighted by Crippen LogP contribution is 1.91. The number of nitrogens with one attached hydrogen (secondary N) is 1. The molecule has 0 aromatic carbocycles. The van der Waals surface area contributed by atoms with Gasteiger partial charge in [-0.3, -0.25) is 5.32 Å². The lowest BCUT2D eigenvalue weighted by molar-refractivity contribution is 0.120. The summed E-state index contributed by atoms with van der Waals surface area (Å²) in [5.74, 6) is 0. The van der Waals surface area contributed by atoms with E-state index in [1.54, 1.807) is 0 Å². The Bertz CT molecular complexity index is 189. The quantitative estimate of drug-likeness (QED) is 0.607. The molecule has 0 amide bonds. The van der Waals surface area contributed by atoms with E-state index in [2.05, 4.69) is 16.3 Å². The highest BCUT2D eigenvalue weighted by molar-refractivity contribution is 4.92. The molecule has 0 bridgehead atoms. The largest absolute Gasteiger partial charge is 0.380 e. The summed E-state index contributed by atoms with van der Waals surface area (Å²) in [7, 11) is 2.01. The summed E-state index contributed by atoms with van der Waals surface area (Å²) in [6.45, 7) is 9.16. The molecule has 0 aromatic rings. The molecule has 4 heteroatoms. The summed E-state index contributed by atoms with van der Waals surface area (Å²) in [5, 5.41) is 12.1. The van der Waals surface area contributed by atoms with Crippen LogP contribution in [0.15, 0.2) is 0 Å². The van der Waals surface area contributed by atoms with Gasteiger partial charge in [-0.05, 0) is 27.8 Å². The van der Waals surface area contributed by atoms with Crippen molar-refractivity contribution in [3.8, 4) is 6.07 Å². The molecule has 0 aliphatic carbocycles. The highest BCUT2D eigenvalue weighted by Gasteiger charge is 2.10. The molecule has 0 aromatic heterocycles. The monoisotopic (exact) mass is 213 g/mol. The van der Waals surface area contributed by atoms with Gasteiger partial charge in [0.2, 0.25) is 0 Å². The number of likely N-dealkylation sites (N-methyl/N-ethyl adjacent to an activating group) is 1. The fourth-order valence-corrected chi connectivity index (χ4v) is 1.30. The van der Waals surface area contributed by atoms with Crippen LogP contribution in [-0.4, -0.2) is 50.3 Å². The van der Waals surface area contributed by atoms with Crippen LogP contribution in [0.1, 0.15) is 20.8 Å². The van der Waals surface area contributed by atoms with Crippen molar-refractivity contribution >= 4 is 0 Å². The van der Waals surface area contributed by atoms with Crippen LogP contribution in [0.4, 0.5) is 0 Å². The number of hydrogen-bond donors (Lipinski definition) is 1. The Kier molecular flexibility index (Phi) is 8.30. The van der Waals surface area contributed by atoms with Crippen LogP contribution in [0.3, 0.4) is 0 Å². The SMILES string of the molecule is CCOCCN(C)CC(C#N)NC(C)C. The number of nitrogens with zero attached hydrogens (tertiary/aromatic N) is 2. The van der Waals surface area contributed by atoms with Crippen molar-refractivity contribution in [1.29, 1.82) is 5.26 Å². The van der Waals surface area contributed by atoms with E-state index in [9.17, 15) is 0 Å². The average molecular weight is 213 g/mol. The molecule has 0 radical (unpaired) electrons. The van der Waals surface area contributed by atoms with E-state index in [1.165, 1.54) is 0 Å². The second-order valence-electron chi connectivity index (χ2n) is 3.96. The Morgan fingerprint density at radius 2 is 2.13 bits per heavy atom. The number of rotatable bonds is 8. The Labute approximate surface area is 93.2 Å². The van der Waals surface area contributed by atoms with Crippen molar-refractivity contribution in [2.75, 3.05) is 33.4 Å². The molecule has 1 unspecified atom stereocenters. The van der Waals surface area contributed by atoms with Gasteiger partial charge in [0.05, 0.1) is 12.7 Å². The van der Waals surface area contributed by atoms with E-state index < -0.39 is 0 Å². The van der Waals surface area contributed by atoms with Crippen LogP contribution < -0.4 is 5.32 Å². The van der Waals surface area contributed by atoms with Crippen LogP contribution in [0.25, 0.3) is 0 Å². The molecule has 88 valence electrons. The molecule has 0 fully saturated rings. The molecule has 1 N–H and O–H groups in total. The maximum absolute atomic E-state index is 8.92. The van der Waals surface area contributed by atoms with Gasteiger partial charge in [-0.1, -0.05) is 0 Å². The average Bonchev–Trinajstić information content (AvgIpc) is 2.16. The minimum absolute atomic E-state index is 0.100. The number of nitriles is 1. The molecule has 0 saturated heterocycles. The predicted octanol–water partition coefficient (Wildman–Crippen LogP) is 0.845. The first-order valence-corrected chi connectivity index (χ1v) is 5.52. The minimum atomic E-state index is -0.100. The zero-order valence-electron chi connectivity index (χ0n) is 10.3. The molecule has 1 atom stereocenters. The highest BCUT2D eigenvalue weighted by atomic mass is 16.5. The van der Waals surface area contributed by atoms with Gasteiger partial charge >= 0.3 is 0 Å². The topological polar surface area (TPSA) is 48.3 Å². The van der Waals surface area contributed by atoms with Crippen LogP contribution in [0.5, 0.6) is 0 Å². The van der Waals surface area contributed by atoms with Gasteiger partial charge in [0.15, 0.2) is 0 Å². The van der Waals surface area contributed by atoms with E-state index in [-0.39, 0.29) is 6.04 Å². The maximum Gasteiger partial charge on any atom is 0.108 e. The Morgan fingerprint density at radius 1 is 1.47 bits per heavy atom. The van der Waals surface area contributed by atoms with Crippen LogP contribution >= 0.6 is 0 Å². The van der Waals surface area contributed by atoms with E-state index in [0.29, 0.717) is 6.04 Å². The zero-order valence-corrected chi connectivity index (χ0v) is 10.3. The van der Waals surface area contributed by atoms with Gasteiger partial charge in [-0.15, -0.1) is 0 Å². The van der Waals surface area contributed by atoms with E-state index in [0.717, 1.165) is 26.3 Å². The van der Waals surface area contributed by atoms with Gasteiger partial charge in [0, 0.05) is 25.7 Å². The minimum Gasteiger partial charge on any atom is -0.380 e. The fraction of sp³-hybridized carbons (Fsp3) is 0.909. The van der Waals surface area contributed by atoms with Crippen LogP contribution in [-0.2, 0) is 4.74 Å². The van der Waals surface area contributed by atoms with Crippen LogP contribution in [0, 0.1) is 11.3 Å². The lowest BCUT2D eigenvalue weighted by Gasteiger charge is -2.21. The molecule has 0 rings (SSSR count). The van der Waals surface area contributed by atoms with Crippen molar-refractivity contribution in [1.82, 2.24) is 10.2 Å². The normalized spacial score (nSPS) is 13.1. The molecule has 0 heterocycles.